The van der Waals surface area contributed by atoms with Gasteiger partial charge < -0.3 is 9.84 Å². The van der Waals surface area contributed by atoms with Gasteiger partial charge in [0.25, 0.3) is 0 Å². The quantitative estimate of drug-likeness (QED) is 0.870. The molecule has 1 N–H and O–H groups in total. The van der Waals surface area contributed by atoms with Crippen LogP contribution in [0.2, 0.25) is 0 Å². The van der Waals surface area contributed by atoms with Crippen molar-refractivity contribution in [2.45, 2.75) is 39.2 Å². The Kier molecular flexibility index (Phi) is 4.19. The Hall–Kier alpha value is -0.860. The van der Waals surface area contributed by atoms with E-state index in [-0.39, 0.29) is 6.10 Å². The largest absolute Gasteiger partial charge is 0.388 e. The molecule has 2 nitrogen and oxygen atoms in total. The Bertz CT molecular complexity index is 347. The third kappa shape index (κ3) is 3.55. The number of ether oxygens (including phenoxy) is 1. The van der Waals surface area contributed by atoms with E-state index >= 15 is 0 Å². The average Bonchev–Trinajstić information content (AvgIpc) is 2.29. The maximum Gasteiger partial charge on any atom is 0.0792 e. The molecule has 1 saturated heterocycles. The number of aliphatic hydroxyl groups is 1. The van der Waals surface area contributed by atoms with Crippen LogP contribution < -0.4 is 0 Å². The van der Waals surface area contributed by atoms with Gasteiger partial charge in [-0.25, -0.2) is 0 Å². The maximum atomic E-state index is 10.3. The van der Waals surface area contributed by atoms with E-state index in [4.69, 9.17) is 4.74 Å². The lowest BCUT2D eigenvalue weighted by atomic mass is 9.90. The topological polar surface area (TPSA) is 29.5 Å². The van der Waals surface area contributed by atoms with Crippen molar-refractivity contribution in [1.29, 1.82) is 0 Å². The molecule has 17 heavy (non-hydrogen) atoms. The summed E-state index contributed by atoms with van der Waals surface area (Å²) in [6, 6.07) is 6.33. The highest BCUT2D eigenvalue weighted by Crippen LogP contribution is 2.28. The van der Waals surface area contributed by atoms with Gasteiger partial charge in [0, 0.05) is 13.2 Å². The zero-order valence-corrected chi connectivity index (χ0v) is 10.8. The van der Waals surface area contributed by atoms with Crippen molar-refractivity contribution in [3.05, 3.63) is 34.9 Å². The second kappa shape index (κ2) is 5.65. The summed E-state index contributed by atoms with van der Waals surface area (Å²) in [6.45, 7) is 5.86. The first-order valence-corrected chi connectivity index (χ1v) is 6.49. The zero-order valence-electron chi connectivity index (χ0n) is 10.8. The molecule has 94 valence electrons. The lowest BCUT2D eigenvalue weighted by Gasteiger charge is -2.24. The molecule has 0 spiro atoms. The van der Waals surface area contributed by atoms with Crippen LogP contribution in [-0.4, -0.2) is 18.3 Å². The highest BCUT2D eigenvalue weighted by molar-refractivity contribution is 5.29. The highest BCUT2D eigenvalue weighted by atomic mass is 16.5. The fourth-order valence-electron chi connectivity index (χ4n) is 2.64. The van der Waals surface area contributed by atoms with Gasteiger partial charge in [0.05, 0.1) is 6.10 Å². The molecule has 0 bridgehead atoms. The average molecular weight is 234 g/mol. The second-order valence-electron chi connectivity index (χ2n) is 5.23. The van der Waals surface area contributed by atoms with Crippen LogP contribution in [0.5, 0.6) is 0 Å². The van der Waals surface area contributed by atoms with Crippen molar-refractivity contribution in [2.24, 2.45) is 5.92 Å². The summed E-state index contributed by atoms with van der Waals surface area (Å²) in [6.07, 6.45) is 2.72. The van der Waals surface area contributed by atoms with Crippen molar-refractivity contribution in [3.8, 4) is 0 Å². The van der Waals surface area contributed by atoms with Crippen molar-refractivity contribution < 1.29 is 9.84 Å². The van der Waals surface area contributed by atoms with Crippen molar-refractivity contribution in [1.82, 2.24) is 0 Å². The molecule has 1 aromatic rings. The van der Waals surface area contributed by atoms with E-state index in [1.54, 1.807) is 0 Å². The monoisotopic (exact) mass is 234 g/mol. The zero-order chi connectivity index (χ0) is 12.3. The van der Waals surface area contributed by atoms with E-state index in [0.717, 1.165) is 38.0 Å². The van der Waals surface area contributed by atoms with Crippen LogP contribution in [0.15, 0.2) is 18.2 Å². The second-order valence-corrected chi connectivity index (χ2v) is 5.23. The predicted molar refractivity (Wildman–Crippen MR) is 69.0 cm³/mol. The first-order valence-electron chi connectivity index (χ1n) is 6.49. The molecule has 1 aliphatic rings. The Labute approximate surface area is 104 Å². The third-order valence-electron chi connectivity index (χ3n) is 3.53. The molecule has 1 heterocycles. The van der Waals surface area contributed by atoms with Crippen LogP contribution in [0.25, 0.3) is 0 Å². The fourth-order valence-corrected chi connectivity index (χ4v) is 2.64. The Morgan fingerprint density at radius 1 is 1.18 bits per heavy atom. The molecule has 1 atom stereocenters. The van der Waals surface area contributed by atoms with Gasteiger partial charge in [-0.15, -0.1) is 0 Å². The number of aliphatic hydroxyl groups excluding tert-OH is 1. The van der Waals surface area contributed by atoms with Crippen LogP contribution >= 0.6 is 0 Å². The number of hydrogen-bond donors (Lipinski definition) is 1. The van der Waals surface area contributed by atoms with E-state index in [0.29, 0.717) is 5.92 Å². The van der Waals surface area contributed by atoms with Crippen molar-refractivity contribution >= 4 is 0 Å². The Morgan fingerprint density at radius 2 is 1.76 bits per heavy atom. The van der Waals surface area contributed by atoms with E-state index in [1.165, 1.54) is 11.1 Å². The van der Waals surface area contributed by atoms with Crippen molar-refractivity contribution in [3.63, 3.8) is 0 Å². The number of aryl methyl sites for hydroxylation is 2. The minimum Gasteiger partial charge on any atom is -0.388 e. The van der Waals surface area contributed by atoms with E-state index in [2.05, 4.69) is 32.0 Å². The SMILES string of the molecule is Cc1cc(C)cc(C(O)CC2CCOCC2)c1. The summed E-state index contributed by atoms with van der Waals surface area (Å²) in [5.74, 6) is 0.611. The first kappa shape index (κ1) is 12.6. The van der Waals surface area contributed by atoms with Gasteiger partial charge in [-0.1, -0.05) is 29.3 Å². The Balaban J connectivity index is 2.00. The summed E-state index contributed by atoms with van der Waals surface area (Å²) in [4.78, 5) is 0. The van der Waals surface area contributed by atoms with Gasteiger partial charge >= 0.3 is 0 Å². The standard InChI is InChI=1S/C15H22O2/c1-11-7-12(2)9-14(8-11)15(16)10-13-3-5-17-6-4-13/h7-9,13,15-16H,3-6,10H2,1-2H3. The van der Waals surface area contributed by atoms with Gasteiger partial charge in [0.1, 0.15) is 0 Å². The van der Waals surface area contributed by atoms with E-state index in [1.807, 2.05) is 0 Å². The molecular weight excluding hydrogens is 212 g/mol. The van der Waals surface area contributed by atoms with E-state index < -0.39 is 0 Å². The van der Waals surface area contributed by atoms with Gasteiger partial charge in [0.2, 0.25) is 0 Å². The summed E-state index contributed by atoms with van der Waals surface area (Å²) in [5.41, 5.74) is 3.52. The lowest BCUT2D eigenvalue weighted by Crippen LogP contribution is -2.18. The van der Waals surface area contributed by atoms with Crippen LogP contribution in [0.1, 0.15) is 42.1 Å². The summed E-state index contributed by atoms with van der Waals surface area (Å²) in [5, 5.41) is 10.3. The maximum absolute atomic E-state index is 10.3. The highest BCUT2D eigenvalue weighted by Gasteiger charge is 2.19. The minimum absolute atomic E-state index is 0.323. The first-order chi connectivity index (χ1) is 8.15. The lowest BCUT2D eigenvalue weighted by molar-refractivity contribution is 0.0435. The van der Waals surface area contributed by atoms with Gasteiger partial charge in [-0.05, 0) is 44.6 Å². The summed E-state index contributed by atoms with van der Waals surface area (Å²) >= 11 is 0. The fraction of sp³-hybridized carbons (Fsp3) is 0.600. The Morgan fingerprint density at radius 3 is 2.35 bits per heavy atom. The molecule has 2 heteroatoms. The minimum atomic E-state index is -0.323. The molecule has 1 aromatic carbocycles. The van der Waals surface area contributed by atoms with Gasteiger partial charge in [-0.3, -0.25) is 0 Å². The molecule has 0 saturated carbocycles. The molecule has 0 amide bonds. The smallest absolute Gasteiger partial charge is 0.0792 e. The molecular formula is C15H22O2. The molecule has 0 radical (unpaired) electrons. The molecule has 1 fully saturated rings. The van der Waals surface area contributed by atoms with Crippen LogP contribution in [0.4, 0.5) is 0 Å². The molecule has 1 unspecified atom stereocenters. The summed E-state index contributed by atoms with van der Waals surface area (Å²) < 4.78 is 5.34. The van der Waals surface area contributed by atoms with Gasteiger partial charge in [-0.2, -0.15) is 0 Å². The number of benzene rings is 1. The number of rotatable bonds is 3. The molecule has 2 rings (SSSR count). The van der Waals surface area contributed by atoms with Crippen LogP contribution in [0.3, 0.4) is 0 Å². The predicted octanol–water partition coefficient (Wildman–Crippen LogP) is 3.15. The molecule has 0 aliphatic carbocycles. The normalized spacial score (nSPS) is 19.2. The van der Waals surface area contributed by atoms with E-state index in [9.17, 15) is 5.11 Å². The third-order valence-corrected chi connectivity index (χ3v) is 3.53. The van der Waals surface area contributed by atoms with Gasteiger partial charge in [0.15, 0.2) is 0 Å². The summed E-state index contributed by atoms with van der Waals surface area (Å²) in [7, 11) is 0. The van der Waals surface area contributed by atoms with Crippen LogP contribution in [-0.2, 0) is 4.74 Å². The molecule has 1 aliphatic heterocycles. The molecule has 0 aromatic heterocycles. The van der Waals surface area contributed by atoms with Crippen LogP contribution in [0, 0.1) is 19.8 Å². The van der Waals surface area contributed by atoms with Crippen molar-refractivity contribution in [2.75, 3.05) is 13.2 Å². The number of hydrogen-bond acceptors (Lipinski definition) is 2.